The second-order valence-corrected chi connectivity index (χ2v) is 6.98. The smallest absolute Gasteiger partial charge is 0.308 e. The highest BCUT2D eigenvalue weighted by Crippen LogP contribution is 2.14. The molecule has 0 heterocycles. The quantitative estimate of drug-likeness (QED) is 0.300. The Balaban J connectivity index is 3.55. The van der Waals surface area contributed by atoms with Gasteiger partial charge >= 0.3 is 11.9 Å². The van der Waals surface area contributed by atoms with Gasteiger partial charge in [0.25, 0.3) is 0 Å². The first kappa shape index (κ1) is 22.9. The first-order valence-corrected chi connectivity index (χ1v) is 9.83. The van der Waals surface area contributed by atoms with Crippen molar-refractivity contribution in [2.24, 2.45) is 11.8 Å². The largest absolute Gasteiger partial charge is 0.466 e. The highest BCUT2D eigenvalue weighted by molar-refractivity contribution is 5.72. The Morgan fingerprint density at radius 2 is 1.54 bits per heavy atom. The first-order valence-electron chi connectivity index (χ1n) is 9.83. The molecule has 0 radical (unpaired) electrons. The van der Waals surface area contributed by atoms with Crippen LogP contribution in [0, 0.1) is 11.8 Å². The maximum atomic E-state index is 11.9. The highest BCUT2D eigenvalue weighted by atomic mass is 16.5. The molecule has 142 valence electrons. The molecule has 0 aromatic heterocycles. The molecule has 0 amide bonds. The number of hydrogen-bond donors (Lipinski definition) is 0. The summed E-state index contributed by atoms with van der Waals surface area (Å²) >= 11 is 0. The highest BCUT2D eigenvalue weighted by Gasteiger charge is 2.16. The van der Waals surface area contributed by atoms with Crippen LogP contribution in [0.4, 0.5) is 0 Å². The molecular weight excluding hydrogens is 304 g/mol. The van der Waals surface area contributed by atoms with Crippen molar-refractivity contribution in [2.75, 3.05) is 13.2 Å². The molecule has 4 heteroatoms. The summed E-state index contributed by atoms with van der Waals surface area (Å²) in [5, 5.41) is 0. The molecule has 0 fully saturated rings. The second kappa shape index (κ2) is 15.5. The topological polar surface area (TPSA) is 52.6 Å². The minimum absolute atomic E-state index is 0.0470. The predicted molar refractivity (Wildman–Crippen MR) is 97.8 cm³/mol. The van der Waals surface area contributed by atoms with Crippen molar-refractivity contribution in [1.29, 1.82) is 0 Å². The molecule has 0 aliphatic carbocycles. The zero-order chi connectivity index (χ0) is 18.2. The molecule has 0 aromatic carbocycles. The van der Waals surface area contributed by atoms with Crippen molar-refractivity contribution in [1.82, 2.24) is 0 Å². The van der Waals surface area contributed by atoms with Gasteiger partial charge in [-0.3, -0.25) is 9.59 Å². The average Bonchev–Trinajstić information content (AvgIpc) is 2.55. The van der Waals surface area contributed by atoms with E-state index in [0.717, 1.165) is 57.8 Å². The summed E-state index contributed by atoms with van der Waals surface area (Å²) in [5.41, 5.74) is 0. The summed E-state index contributed by atoms with van der Waals surface area (Å²) < 4.78 is 10.5. The lowest BCUT2D eigenvalue weighted by Crippen LogP contribution is -2.17. The van der Waals surface area contributed by atoms with Gasteiger partial charge in [-0.25, -0.2) is 0 Å². The third kappa shape index (κ3) is 13.4. The zero-order valence-corrected chi connectivity index (χ0v) is 16.3. The average molecular weight is 343 g/mol. The number of carbonyl (C=O) groups is 2. The lowest BCUT2D eigenvalue weighted by atomic mass is 10.00. The van der Waals surface area contributed by atoms with E-state index in [1.165, 1.54) is 0 Å². The van der Waals surface area contributed by atoms with E-state index in [0.29, 0.717) is 25.6 Å². The van der Waals surface area contributed by atoms with Crippen LogP contribution in [0.3, 0.4) is 0 Å². The molecule has 1 unspecified atom stereocenters. The lowest BCUT2D eigenvalue weighted by Gasteiger charge is -2.13. The normalized spacial score (nSPS) is 12.2. The number of hydrogen-bond acceptors (Lipinski definition) is 4. The van der Waals surface area contributed by atoms with E-state index in [1.807, 2.05) is 6.92 Å². The van der Waals surface area contributed by atoms with Gasteiger partial charge in [-0.15, -0.1) is 0 Å². The fourth-order valence-electron chi connectivity index (χ4n) is 2.53. The number of ether oxygens (including phenoxy) is 2. The Morgan fingerprint density at radius 1 is 0.833 bits per heavy atom. The van der Waals surface area contributed by atoms with E-state index in [-0.39, 0.29) is 17.9 Å². The fraction of sp³-hybridized carbons (Fsp3) is 0.900. The minimum Gasteiger partial charge on any atom is -0.466 e. The fourth-order valence-corrected chi connectivity index (χ4v) is 2.53. The van der Waals surface area contributed by atoms with Gasteiger partial charge in [-0.1, -0.05) is 40.5 Å². The number of rotatable bonds is 15. The molecule has 0 aromatic rings. The summed E-state index contributed by atoms with van der Waals surface area (Å²) in [6.07, 6.45) is 8.96. The Morgan fingerprint density at radius 3 is 2.17 bits per heavy atom. The van der Waals surface area contributed by atoms with E-state index in [4.69, 9.17) is 9.47 Å². The van der Waals surface area contributed by atoms with Crippen molar-refractivity contribution in [3.63, 3.8) is 0 Å². The van der Waals surface area contributed by atoms with Crippen LogP contribution < -0.4 is 0 Å². The Labute approximate surface area is 148 Å². The van der Waals surface area contributed by atoms with Crippen molar-refractivity contribution < 1.29 is 19.1 Å². The van der Waals surface area contributed by atoms with Gasteiger partial charge in [0.2, 0.25) is 0 Å². The SMILES string of the molecule is CCCCC(CC)C(=O)OCCCCCC(=O)OCCCC(C)C. The third-order valence-electron chi connectivity index (χ3n) is 4.19. The van der Waals surface area contributed by atoms with Crippen molar-refractivity contribution in [2.45, 2.75) is 91.9 Å². The summed E-state index contributed by atoms with van der Waals surface area (Å²) in [5.74, 6) is 0.531. The van der Waals surface area contributed by atoms with E-state index in [2.05, 4.69) is 20.8 Å². The van der Waals surface area contributed by atoms with Gasteiger partial charge in [0, 0.05) is 6.42 Å². The Kier molecular flexibility index (Phi) is 14.8. The predicted octanol–water partition coefficient (Wildman–Crippen LogP) is 5.29. The molecule has 0 saturated carbocycles. The molecule has 4 nitrogen and oxygen atoms in total. The first-order chi connectivity index (χ1) is 11.5. The van der Waals surface area contributed by atoms with E-state index < -0.39 is 0 Å². The number of carbonyl (C=O) groups excluding carboxylic acids is 2. The summed E-state index contributed by atoms with van der Waals surface area (Å²) in [4.78, 5) is 23.5. The van der Waals surface area contributed by atoms with Crippen molar-refractivity contribution in [3.05, 3.63) is 0 Å². The van der Waals surface area contributed by atoms with Crippen LogP contribution in [-0.4, -0.2) is 25.2 Å². The standard InChI is InChI=1S/C20H38O4/c1-5-7-13-18(6-2)20(22)24-15-10-8-9-14-19(21)23-16-11-12-17(3)4/h17-18H,5-16H2,1-4H3. The van der Waals surface area contributed by atoms with Crippen LogP contribution >= 0.6 is 0 Å². The molecule has 1 atom stereocenters. The van der Waals surface area contributed by atoms with Crippen LogP contribution in [0.2, 0.25) is 0 Å². The summed E-state index contributed by atoms with van der Waals surface area (Å²) in [6.45, 7) is 9.50. The molecule has 0 spiro atoms. The number of esters is 2. The molecule has 0 bridgehead atoms. The van der Waals surface area contributed by atoms with Crippen molar-refractivity contribution >= 4 is 11.9 Å². The molecule has 0 rings (SSSR count). The van der Waals surface area contributed by atoms with E-state index in [9.17, 15) is 9.59 Å². The maximum Gasteiger partial charge on any atom is 0.308 e. The van der Waals surface area contributed by atoms with E-state index >= 15 is 0 Å². The zero-order valence-electron chi connectivity index (χ0n) is 16.3. The molecule has 0 saturated heterocycles. The van der Waals surface area contributed by atoms with Crippen molar-refractivity contribution in [3.8, 4) is 0 Å². The summed E-state index contributed by atoms with van der Waals surface area (Å²) in [7, 11) is 0. The van der Waals surface area contributed by atoms with Gasteiger partial charge in [0.05, 0.1) is 19.1 Å². The second-order valence-electron chi connectivity index (χ2n) is 6.98. The Bertz CT molecular complexity index is 326. The van der Waals surface area contributed by atoms with Crippen LogP contribution in [0.5, 0.6) is 0 Å². The van der Waals surface area contributed by atoms with E-state index in [1.54, 1.807) is 0 Å². The third-order valence-corrected chi connectivity index (χ3v) is 4.19. The maximum absolute atomic E-state index is 11.9. The van der Waals surface area contributed by atoms with Gasteiger partial charge in [-0.05, 0) is 50.9 Å². The molecule has 0 aliphatic heterocycles. The van der Waals surface area contributed by atoms with Crippen LogP contribution in [0.1, 0.15) is 91.9 Å². The van der Waals surface area contributed by atoms with Gasteiger partial charge in [0.1, 0.15) is 0 Å². The molecule has 0 N–H and O–H groups in total. The van der Waals surface area contributed by atoms with Gasteiger partial charge in [0.15, 0.2) is 0 Å². The molecular formula is C20H38O4. The van der Waals surface area contributed by atoms with Gasteiger partial charge < -0.3 is 9.47 Å². The van der Waals surface area contributed by atoms with Gasteiger partial charge in [-0.2, -0.15) is 0 Å². The molecule has 0 aliphatic rings. The van der Waals surface area contributed by atoms with Crippen LogP contribution in [0.15, 0.2) is 0 Å². The molecule has 24 heavy (non-hydrogen) atoms. The van der Waals surface area contributed by atoms with Crippen LogP contribution in [0.25, 0.3) is 0 Å². The lowest BCUT2D eigenvalue weighted by molar-refractivity contribution is -0.149. The monoisotopic (exact) mass is 342 g/mol. The van der Waals surface area contributed by atoms with Crippen LogP contribution in [-0.2, 0) is 19.1 Å². The Hall–Kier alpha value is -1.06. The number of unbranched alkanes of at least 4 members (excludes halogenated alkanes) is 3. The summed E-state index contributed by atoms with van der Waals surface area (Å²) in [6, 6.07) is 0. The minimum atomic E-state index is -0.110.